The lowest BCUT2D eigenvalue weighted by Crippen LogP contribution is -2.63. The molecule has 0 amide bonds. The zero-order valence-corrected chi connectivity index (χ0v) is 13.7. The van der Waals surface area contributed by atoms with E-state index in [-0.39, 0.29) is 11.5 Å². The van der Waals surface area contributed by atoms with Gasteiger partial charge >= 0.3 is 0 Å². The lowest BCUT2D eigenvalue weighted by molar-refractivity contribution is -0.129. The minimum atomic E-state index is -0.102. The number of piperidine rings is 1. The summed E-state index contributed by atoms with van der Waals surface area (Å²) in [5, 5.41) is 9.55. The molecule has 0 spiro atoms. The first-order chi connectivity index (χ1) is 11.1. The zero-order valence-electron chi connectivity index (χ0n) is 13.7. The van der Waals surface area contributed by atoms with Gasteiger partial charge in [-0.1, -0.05) is 13.0 Å². The number of ketones is 1. The van der Waals surface area contributed by atoms with Crippen LogP contribution >= 0.6 is 0 Å². The zero-order chi connectivity index (χ0) is 16.2. The molecule has 1 saturated heterocycles. The molecule has 0 N–H and O–H groups in total. The second-order valence-electron chi connectivity index (χ2n) is 7.42. The number of hydrogen-bond donors (Lipinski definition) is 0. The number of likely N-dealkylation sites (tertiary alicyclic amines) is 1. The third-order valence-electron chi connectivity index (χ3n) is 6.34. The van der Waals surface area contributed by atoms with Crippen LogP contribution in [0.1, 0.15) is 37.3 Å². The summed E-state index contributed by atoms with van der Waals surface area (Å²) in [4.78, 5) is 14.4. The Morgan fingerprint density at radius 3 is 2.96 bits per heavy atom. The van der Waals surface area contributed by atoms with Gasteiger partial charge in [-0.2, -0.15) is 5.26 Å². The van der Waals surface area contributed by atoms with Crippen LogP contribution in [-0.2, 0) is 16.6 Å². The molecule has 1 aliphatic heterocycles. The number of hydrogen-bond acceptors (Lipinski definition) is 4. The van der Waals surface area contributed by atoms with Gasteiger partial charge in [-0.05, 0) is 47.9 Å². The number of benzene rings is 1. The van der Waals surface area contributed by atoms with Crippen molar-refractivity contribution in [2.24, 2.45) is 11.8 Å². The van der Waals surface area contributed by atoms with Gasteiger partial charge in [0.2, 0.25) is 0 Å². The van der Waals surface area contributed by atoms with E-state index in [0.717, 1.165) is 25.1 Å². The molecule has 2 aliphatic carbocycles. The van der Waals surface area contributed by atoms with Crippen LogP contribution in [0.15, 0.2) is 18.2 Å². The second-order valence-corrected chi connectivity index (χ2v) is 7.42. The van der Waals surface area contributed by atoms with Crippen molar-refractivity contribution in [3.05, 3.63) is 29.3 Å². The van der Waals surface area contributed by atoms with Crippen LogP contribution < -0.4 is 4.74 Å². The molecule has 2 fully saturated rings. The van der Waals surface area contributed by atoms with Crippen molar-refractivity contribution in [3.63, 3.8) is 0 Å². The van der Waals surface area contributed by atoms with Crippen molar-refractivity contribution in [1.82, 2.24) is 4.90 Å². The fourth-order valence-corrected chi connectivity index (χ4v) is 5.57. The van der Waals surface area contributed by atoms with Gasteiger partial charge in [-0.15, -0.1) is 0 Å². The quantitative estimate of drug-likeness (QED) is 0.748. The molecular formula is C19H22N2O2. The standard InChI is InChI=1S/C19H22N2O2/c1-12-7-14(22)10-19-5-6-21(11-20)17(18(12)19)8-13-3-4-15(23-2)9-16(13)19/h3-4,9,12,17-18H,5-8,10H2,1-2H3/t12-,17+,18-,19+/m0/s1. The lowest BCUT2D eigenvalue weighted by atomic mass is 9.49. The summed E-state index contributed by atoms with van der Waals surface area (Å²) in [5.41, 5.74) is 2.49. The van der Waals surface area contributed by atoms with Gasteiger partial charge in [0, 0.05) is 30.8 Å². The Balaban J connectivity index is 1.92. The number of nitrogens with zero attached hydrogens (tertiary/aromatic N) is 2. The number of carbonyl (C=O) groups is 1. The molecule has 120 valence electrons. The summed E-state index contributed by atoms with van der Waals surface area (Å²) in [7, 11) is 1.69. The number of nitriles is 1. The van der Waals surface area contributed by atoms with Gasteiger partial charge in [-0.25, -0.2) is 0 Å². The Bertz CT molecular complexity index is 708. The molecule has 1 aromatic carbocycles. The third-order valence-corrected chi connectivity index (χ3v) is 6.34. The molecule has 0 radical (unpaired) electrons. The molecule has 3 aliphatic rings. The van der Waals surface area contributed by atoms with E-state index < -0.39 is 0 Å². The van der Waals surface area contributed by atoms with Gasteiger partial charge in [0.25, 0.3) is 0 Å². The molecule has 1 saturated carbocycles. The summed E-state index contributed by atoms with van der Waals surface area (Å²) in [6.07, 6.45) is 5.46. The van der Waals surface area contributed by atoms with E-state index in [0.29, 0.717) is 30.5 Å². The number of ether oxygens (including phenoxy) is 1. The number of carbonyl (C=O) groups excluding carboxylic acids is 1. The summed E-state index contributed by atoms with van der Waals surface area (Å²) in [6, 6.07) is 6.50. The predicted molar refractivity (Wildman–Crippen MR) is 86.0 cm³/mol. The molecule has 0 aromatic heterocycles. The fourth-order valence-electron chi connectivity index (χ4n) is 5.57. The van der Waals surface area contributed by atoms with Crippen LogP contribution in [0, 0.1) is 23.3 Å². The third kappa shape index (κ3) is 1.92. The smallest absolute Gasteiger partial charge is 0.179 e. The maximum atomic E-state index is 12.4. The van der Waals surface area contributed by atoms with Gasteiger partial charge in [0.15, 0.2) is 6.19 Å². The van der Waals surface area contributed by atoms with Gasteiger partial charge < -0.3 is 9.64 Å². The summed E-state index contributed by atoms with van der Waals surface area (Å²) in [5.74, 6) is 1.95. The van der Waals surface area contributed by atoms with Crippen molar-refractivity contribution in [2.75, 3.05) is 13.7 Å². The van der Waals surface area contributed by atoms with E-state index in [1.165, 1.54) is 11.1 Å². The van der Waals surface area contributed by atoms with Gasteiger partial charge in [-0.3, -0.25) is 4.79 Å². The van der Waals surface area contributed by atoms with E-state index in [4.69, 9.17) is 4.74 Å². The highest BCUT2D eigenvalue weighted by Gasteiger charge is 2.58. The van der Waals surface area contributed by atoms with Crippen molar-refractivity contribution >= 4 is 5.78 Å². The van der Waals surface area contributed by atoms with E-state index >= 15 is 0 Å². The monoisotopic (exact) mass is 310 g/mol. The number of Topliss-reactive ketones (excluding diaryl/α,β-unsaturated/α-hetero) is 1. The molecule has 2 bridgehead atoms. The maximum absolute atomic E-state index is 12.4. The average molecular weight is 310 g/mol. The fraction of sp³-hybridized carbons (Fsp3) is 0.579. The Kier molecular flexibility index (Phi) is 3.16. The minimum Gasteiger partial charge on any atom is -0.497 e. The van der Waals surface area contributed by atoms with Crippen LogP contribution in [0.3, 0.4) is 0 Å². The highest BCUT2D eigenvalue weighted by Crippen LogP contribution is 2.57. The maximum Gasteiger partial charge on any atom is 0.179 e. The second kappa shape index (κ2) is 4.99. The molecule has 4 heteroatoms. The average Bonchev–Trinajstić information content (AvgIpc) is 2.54. The van der Waals surface area contributed by atoms with E-state index in [1.807, 2.05) is 11.0 Å². The Morgan fingerprint density at radius 2 is 2.22 bits per heavy atom. The van der Waals surface area contributed by atoms with Crippen molar-refractivity contribution < 1.29 is 9.53 Å². The Labute approximate surface area is 137 Å². The molecule has 4 rings (SSSR count). The molecule has 0 unspecified atom stereocenters. The van der Waals surface area contributed by atoms with E-state index in [1.54, 1.807) is 7.11 Å². The molecular weight excluding hydrogens is 288 g/mol. The topological polar surface area (TPSA) is 53.3 Å². The van der Waals surface area contributed by atoms with Crippen molar-refractivity contribution in [3.8, 4) is 11.9 Å². The molecule has 1 heterocycles. The first kappa shape index (κ1) is 14.6. The van der Waals surface area contributed by atoms with Crippen LogP contribution in [-0.4, -0.2) is 30.4 Å². The van der Waals surface area contributed by atoms with Crippen LogP contribution in [0.4, 0.5) is 0 Å². The van der Waals surface area contributed by atoms with Gasteiger partial charge in [0.1, 0.15) is 11.5 Å². The van der Waals surface area contributed by atoms with Crippen LogP contribution in [0.5, 0.6) is 5.75 Å². The van der Waals surface area contributed by atoms with Gasteiger partial charge in [0.05, 0.1) is 7.11 Å². The molecule has 4 nitrogen and oxygen atoms in total. The molecule has 1 aromatic rings. The summed E-state index contributed by atoms with van der Waals surface area (Å²) < 4.78 is 5.44. The van der Waals surface area contributed by atoms with Crippen LogP contribution in [0.2, 0.25) is 0 Å². The first-order valence-electron chi connectivity index (χ1n) is 8.44. The number of rotatable bonds is 1. The number of fused-ring (bicyclic) bond motifs is 1. The Hall–Kier alpha value is -2.02. The van der Waals surface area contributed by atoms with Crippen molar-refractivity contribution in [2.45, 2.75) is 44.1 Å². The van der Waals surface area contributed by atoms with E-state index in [2.05, 4.69) is 25.2 Å². The number of methoxy groups -OCH3 is 1. The highest BCUT2D eigenvalue weighted by molar-refractivity contribution is 5.82. The normalized spacial score (nSPS) is 35.1. The highest BCUT2D eigenvalue weighted by atomic mass is 16.5. The van der Waals surface area contributed by atoms with Crippen LogP contribution in [0.25, 0.3) is 0 Å². The predicted octanol–water partition coefficient (Wildman–Crippen LogP) is 2.66. The Morgan fingerprint density at radius 1 is 1.39 bits per heavy atom. The summed E-state index contributed by atoms with van der Waals surface area (Å²) >= 11 is 0. The molecule has 4 atom stereocenters. The first-order valence-corrected chi connectivity index (χ1v) is 8.44. The molecule has 23 heavy (non-hydrogen) atoms. The summed E-state index contributed by atoms with van der Waals surface area (Å²) in [6.45, 7) is 2.95. The largest absolute Gasteiger partial charge is 0.497 e. The lowest BCUT2D eigenvalue weighted by Gasteiger charge is -2.59. The van der Waals surface area contributed by atoms with Crippen molar-refractivity contribution in [1.29, 1.82) is 5.26 Å². The SMILES string of the molecule is COc1ccc2c(c1)[C@]13CCN(C#N)[C@H](C2)[C@@H]1[C@@H](C)CC(=O)C3. The minimum absolute atomic E-state index is 0.102. The van der Waals surface area contributed by atoms with E-state index in [9.17, 15) is 10.1 Å².